The van der Waals surface area contributed by atoms with E-state index in [1.807, 2.05) is 0 Å². The average molecular weight is 410 g/mol. The van der Waals surface area contributed by atoms with Gasteiger partial charge in [0.15, 0.2) is 0 Å². The molecular formula is C9H9N9NaO9. The molecule has 0 aliphatic rings. The normalized spacial score (nSPS) is 9.00. The molecular weight excluding hydrogens is 401 g/mol. The molecule has 3 heterocycles. The first-order chi connectivity index (χ1) is 12.5. The summed E-state index contributed by atoms with van der Waals surface area (Å²) >= 11 is 0. The minimum Gasteiger partial charge on any atom is -0.259 e. The Balaban J connectivity index is 0.000000384. The molecule has 0 aliphatic carbocycles. The Bertz CT molecular complexity index is 1010. The van der Waals surface area contributed by atoms with Gasteiger partial charge in [0.2, 0.25) is 0 Å². The number of rotatable bonds is 0. The van der Waals surface area contributed by atoms with E-state index in [9.17, 15) is 43.2 Å². The van der Waals surface area contributed by atoms with Crippen molar-refractivity contribution in [1.29, 1.82) is 0 Å². The monoisotopic (exact) mass is 410 g/mol. The van der Waals surface area contributed by atoms with Crippen molar-refractivity contribution in [3.63, 3.8) is 0 Å². The molecule has 0 aromatic carbocycles. The van der Waals surface area contributed by atoms with E-state index in [1.165, 1.54) is 0 Å². The first kappa shape index (κ1) is 24.2. The van der Waals surface area contributed by atoms with Crippen molar-refractivity contribution >= 4 is 29.6 Å². The summed E-state index contributed by atoms with van der Waals surface area (Å²) in [6, 6.07) is 0. The van der Waals surface area contributed by atoms with Crippen LogP contribution in [-0.2, 0) is 0 Å². The quantitative estimate of drug-likeness (QED) is 0.159. The van der Waals surface area contributed by atoms with Crippen molar-refractivity contribution in [2.45, 2.75) is 0 Å². The number of hydrogen-bond acceptors (Lipinski definition) is 9. The molecule has 3 aromatic rings. The van der Waals surface area contributed by atoms with Crippen molar-refractivity contribution in [3.8, 4) is 0 Å². The van der Waals surface area contributed by atoms with Crippen molar-refractivity contribution in [1.82, 2.24) is 44.9 Å². The van der Waals surface area contributed by atoms with Crippen molar-refractivity contribution in [2.24, 2.45) is 0 Å². The van der Waals surface area contributed by atoms with Crippen molar-refractivity contribution in [3.05, 3.63) is 94.4 Å². The third kappa shape index (κ3) is 9.65. The number of nitrogens with one attached hydrogen (secondary N) is 9. The summed E-state index contributed by atoms with van der Waals surface area (Å²) in [6.07, 6.45) is 0. The molecule has 0 saturated heterocycles. The largest absolute Gasteiger partial charge is 0.330 e. The average Bonchev–Trinajstić information content (AvgIpc) is 2.43. The molecule has 28 heavy (non-hydrogen) atoms. The molecule has 0 atom stereocenters. The molecule has 0 spiro atoms. The first-order valence-corrected chi connectivity index (χ1v) is 6.34. The summed E-state index contributed by atoms with van der Waals surface area (Å²) in [5.41, 5.74) is -7.22. The first-order valence-electron chi connectivity index (χ1n) is 6.34. The molecule has 3 aromatic heterocycles. The van der Waals surface area contributed by atoms with Gasteiger partial charge >= 0.3 is 51.2 Å². The third-order valence-corrected chi connectivity index (χ3v) is 2.04. The maximum Gasteiger partial charge on any atom is 0.330 e. The molecule has 0 bridgehead atoms. The minimum absolute atomic E-state index is 0. The number of aromatic amines is 9. The van der Waals surface area contributed by atoms with Crippen LogP contribution in [0.25, 0.3) is 0 Å². The number of aromatic nitrogens is 9. The Morgan fingerprint density at radius 3 is 0.393 bits per heavy atom. The summed E-state index contributed by atoms with van der Waals surface area (Å²) < 4.78 is 0. The van der Waals surface area contributed by atoms with E-state index in [1.54, 1.807) is 44.9 Å². The fourth-order valence-corrected chi connectivity index (χ4v) is 1.21. The molecule has 3 rings (SSSR count). The zero-order valence-electron chi connectivity index (χ0n) is 13.7. The van der Waals surface area contributed by atoms with Gasteiger partial charge in [-0.2, -0.15) is 0 Å². The van der Waals surface area contributed by atoms with Crippen LogP contribution in [0.2, 0.25) is 0 Å². The maximum absolute atomic E-state index is 10.2. The van der Waals surface area contributed by atoms with Gasteiger partial charge in [0, 0.05) is 29.6 Å². The van der Waals surface area contributed by atoms with E-state index < -0.39 is 51.2 Å². The second-order valence-electron chi connectivity index (χ2n) is 4.09. The van der Waals surface area contributed by atoms with E-state index in [-0.39, 0.29) is 29.6 Å². The molecule has 0 unspecified atom stereocenters. The van der Waals surface area contributed by atoms with Gasteiger partial charge in [0.05, 0.1) is 0 Å². The Morgan fingerprint density at radius 1 is 0.250 bits per heavy atom. The molecule has 145 valence electrons. The summed E-state index contributed by atoms with van der Waals surface area (Å²) in [5, 5.41) is 0. The van der Waals surface area contributed by atoms with E-state index in [0.29, 0.717) is 0 Å². The maximum atomic E-state index is 10.2. The number of hydrogen-bond donors (Lipinski definition) is 9. The molecule has 0 aliphatic heterocycles. The van der Waals surface area contributed by atoms with Gasteiger partial charge in [0.25, 0.3) is 0 Å². The summed E-state index contributed by atoms with van der Waals surface area (Å²) in [5.74, 6) is 0. The molecule has 9 N–H and O–H groups in total. The minimum atomic E-state index is -0.802. The van der Waals surface area contributed by atoms with Crippen molar-refractivity contribution < 1.29 is 0 Å². The van der Waals surface area contributed by atoms with E-state index in [0.717, 1.165) is 0 Å². The fourth-order valence-electron chi connectivity index (χ4n) is 1.21. The van der Waals surface area contributed by atoms with Crippen LogP contribution in [0.5, 0.6) is 0 Å². The van der Waals surface area contributed by atoms with E-state index in [4.69, 9.17) is 0 Å². The summed E-state index contributed by atoms with van der Waals surface area (Å²) in [7, 11) is 0. The zero-order chi connectivity index (χ0) is 20.6. The molecule has 0 amide bonds. The van der Waals surface area contributed by atoms with Crippen LogP contribution < -0.4 is 51.2 Å². The fraction of sp³-hybridized carbons (Fsp3) is 0. The van der Waals surface area contributed by atoms with Gasteiger partial charge in [-0.15, -0.1) is 0 Å². The Labute approximate surface area is 168 Å². The number of H-pyrrole nitrogens is 9. The molecule has 0 saturated carbocycles. The van der Waals surface area contributed by atoms with Crippen LogP contribution >= 0.6 is 0 Å². The SMILES string of the molecule is O=c1[nH]c(=O)[nH]c(=O)[nH]1.O=c1[nH]c(=O)[nH]c(=O)[nH]1.O=c1[nH]c(=O)[nH]c(=O)[nH]1.[Na]. The van der Waals surface area contributed by atoms with Crippen LogP contribution in [0, 0.1) is 0 Å². The van der Waals surface area contributed by atoms with Crippen LogP contribution in [-0.4, -0.2) is 74.4 Å². The summed E-state index contributed by atoms with van der Waals surface area (Å²) in [4.78, 5) is 108. The predicted octanol–water partition coefficient (Wildman–Crippen LogP) is -7.13. The van der Waals surface area contributed by atoms with Gasteiger partial charge in [-0.3, -0.25) is 44.9 Å². The Morgan fingerprint density at radius 2 is 0.321 bits per heavy atom. The third-order valence-electron chi connectivity index (χ3n) is 2.04. The smallest absolute Gasteiger partial charge is 0.259 e. The van der Waals surface area contributed by atoms with Gasteiger partial charge < -0.3 is 0 Å². The van der Waals surface area contributed by atoms with E-state index in [2.05, 4.69) is 0 Å². The topological polar surface area (TPSA) is 296 Å². The van der Waals surface area contributed by atoms with Crippen LogP contribution in [0.3, 0.4) is 0 Å². The molecule has 18 nitrogen and oxygen atoms in total. The van der Waals surface area contributed by atoms with Crippen LogP contribution in [0.15, 0.2) is 43.2 Å². The molecule has 19 heteroatoms. The standard InChI is InChI=1S/3C3H3N3O3.Na/c3*7-1-4-2(8)6-3(9)5-1;/h3*(H3,4,5,6,7,8,9);. The predicted molar refractivity (Wildman–Crippen MR) is 90.7 cm³/mol. The summed E-state index contributed by atoms with van der Waals surface area (Å²) in [6.45, 7) is 0. The Kier molecular flexibility index (Phi) is 9.56. The molecule has 0 fully saturated rings. The molecule has 1 radical (unpaired) electrons. The zero-order valence-corrected chi connectivity index (χ0v) is 15.7. The van der Waals surface area contributed by atoms with E-state index >= 15 is 0 Å². The van der Waals surface area contributed by atoms with Crippen LogP contribution in [0.4, 0.5) is 0 Å². The van der Waals surface area contributed by atoms with Gasteiger partial charge in [-0.1, -0.05) is 0 Å². The Hall–Kier alpha value is -3.77. The second kappa shape index (κ2) is 11.1. The van der Waals surface area contributed by atoms with Gasteiger partial charge in [0.1, 0.15) is 0 Å². The second-order valence-corrected chi connectivity index (χ2v) is 4.09. The van der Waals surface area contributed by atoms with Crippen LogP contribution in [0.1, 0.15) is 0 Å². The van der Waals surface area contributed by atoms with Gasteiger partial charge in [-0.05, 0) is 0 Å². The van der Waals surface area contributed by atoms with Crippen molar-refractivity contribution in [2.75, 3.05) is 0 Å². The van der Waals surface area contributed by atoms with Gasteiger partial charge in [-0.25, -0.2) is 43.2 Å².